The van der Waals surface area contributed by atoms with Crippen molar-refractivity contribution in [3.05, 3.63) is 65.8 Å². The van der Waals surface area contributed by atoms with E-state index in [0.717, 1.165) is 28.4 Å². The molecule has 1 unspecified atom stereocenters. The molecule has 178 valence electrons. The summed E-state index contributed by atoms with van der Waals surface area (Å²) in [6, 6.07) is 11.3. The second kappa shape index (κ2) is 8.38. The van der Waals surface area contributed by atoms with Crippen LogP contribution in [0.15, 0.2) is 59.5 Å². The van der Waals surface area contributed by atoms with Crippen molar-refractivity contribution in [2.45, 2.75) is 50.2 Å². The lowest BCUT2D eigenvalue weighted by atomic mass is 9.77. The number of hydroxylamine groups is 2. The summed E-state index contributed by atoms with van der Waals surface area (Å²) in [5.74, 6) is -1.87. The Morgan fingerprint density at radius 2 is 1.69 bits per heavy atom. The van der Waals surface area contributed by atoms with Crippen LogP contribution in [0.5, 0.6) is 0 Å². The molecule has 6 rings (SSSR count). The van der Waals surface area contributed by atoms with Crippen molar-refractivity contribution in [3.8, 4) is 0 Å². The lowest BCUT2D eigenvalue weighted by Crippen LogP contribution is -2.45. The topological polar surface area (TPSA) is 123 Å². The van der Waals surface area contributed by atoms with E-state index >= 15 is 0 Å². The van der Waals surface area contributed by atoms with Crippen LogP contribution in [0.2, 0.25) is 0 Å². The fraction of sp³-hybridized carbons (Fsp3) is 0.360. The second-order valence-corrected chi connectivity index (χ2v) is 9.06. The minimum Gasteiger partial charge on any atom is -0.355 e. The number of carbonyl (C=O) groups is 3. The maximum absolute atomic E-state index is 13.3. The number of nitrogens with one attached hydrogen (secondary N) is 1. The molecule has 1 N–H and O–H groups in total. The Hall–Kier alpha value is -3.92. The van der Waals surface area contributed by atoms with Gasteiger partial charge in [-0.05, 0) is 55.5 Å². The Morgan fingerprint density at radius 1 is 1.00 bits per heavy atom. The molecule has 4 aliphatic heterocycles. The first kappa shape index (κ1) is 21.6. The number of ether oxygens (including phenoxy) is 1. The standard InChI is InChI=1S/C25H23N5O5/c31-19-7-8-20(32)30(19)35-24(33)25-11-9-15-21(18(34-25)10-12-25)23(17-6-2-4-14-27-17)29-28-22(15)16-5-1-3-13-26-16/h1-6,13-15,18,29H,7-12H2/t15?,18-,25+/m1/s1. The van der Waals surface area contributed by atoms with E-state index in [1.807, 2.05) is 36.4 Å². The van der Waals surface area contributed by atoms with E-state index in [-0.39, 0.29) is 18.8 Å². The molecule has 10 nitrogen and oxygen atoms in total. The van der Waals surface area contributed by atoms with Gasteiger partial charge in [-0.1, -0.05) is 12.1 Å². The number of fused-ring (bicyclic) bond motifs is 4. The quantitative estimate of drug-likeness (QED) is 0.670. The van der Waals surface area contributed by atoms with Gasteiger partial charge in [-0.25, -0.2) is 4.79 Å². The van der Waals surface area contributed by atoms with Crippen molar-refractivity contribution in [2.24, 2.45) is 11.0 Å². The van der Waals surface area contributed by atoms with Crippen LogP contribution >= 0.6 is 0 Å². The average Bonchev–Trinajstić information content (AvgIpc) is 3.41. The first-order chi connectivity index (χ1) is 17.1. The van der Waals surface area contributed by atoms with Gasteiger partial charge in [0.25, 0.3) is 11.8 Å². The minimum atomic E-state index is -1.25. The molecule has 3 fully saturated rings. The zero-order valence-corrected chi connectivity index (χ0v) is 18.8. The highest BCUT2D eigenvalue weighted by molar-refractivity contribution is 6.05. The van der Waals surface area contributed by atoms with Gasteiger partial charge in [0.2, 0.25) is 0 Å². The van der Waals surface area contributed by atoms with Crippen molar-refractivity contribution >= 4 is 29.2 Å². The van der Waals surface area contributed by atoms with E-state index in [1.54, 1.807) is 12.4 Å². The van der Waals surface area contributed by atoms with Gasteiger partial charge in [0, 0.05) is 31.2 Å². The van der Waals surface area contributed by atoms with Crippen LogP contribution in [0.3, 0.4) is 0 Å². The van der Waals surface area contributed by atoms with E-state index in [4.69, 9.17) is 9.57 Å². The Balaban J connectivity index is 1.38. The summed E-state index contributed by atoms with van der Waals surface area (Å²) < 4.78 is 6.43. The molecule has 6 heterocycles. The summed E-state index contributed by atoms with van der Waals surface area (Å²) in [7, 11) is 0. The number of rotatable bonds is 4. The Kier molecular flexibility index (Phi) is 5.18. The molecule has 0 aromatic carbocycles. The summed E-state index contributed by atoms with van der Waals surface area (Å²) in [5.41, 5.74) is 5.90. The van der Waals surface area contributed by atoms with Gasteiger partial charge in [0.15, 0.2) is 5.60 Å². The van der Waals surface area contributed by atoms with Gasteiger partial charge in [-0.15, -0.1) is 5.06 Å². The molecule has 2 aromatic heterocycles. The maximum atomic E-state index is 13.3. The van der Waals surface area contributed by atoms with Gasteiger partial charge >= 0.3 is 5.97 Å². The van der Waals surface area contributed by atoms with Crippen molar-refractivity contribution in [3.63, 3.8) is 0 Å². The number of carbonyl (C=O) groups excluding carboxylic acids is 3. The van der Waals surface area contributed by atoms with E-state index in [2.05, 4.69) is 20.5 Å². The number of aromatic nitrogens is 2. The predicted octanol–water partition coefficient (Wildman–Crippen LogP) is 2.13. The highest BCUT2D eigenvalue weighted by Crippen LogP contribution is 2.48. The molecule has 2 amide bonds. The third kappa shape index (κ3) is 3.61. The smallest absolute Gasteiger partial charge is 0.355 e. The van der Waals surface area contributed by atoms with Crippen LogP contribution in [0.1, 0.15) is 49.9 Å². The summed E-state index contributed by atoms with van der Waals surface area (Å²) in [6.07, 6.45) is 5.04. The summed E-state index contributed by atoms with van der Waals surface area (Å²) in [5, 5.41) is 5.26. The fourth-order valence-corrected chi connectivity index (χ4v) is 5.33. The van der Waals surface area contributed by atoms with E-state index in [9.17, 15) is 14.4 Å². The molecule has 2 bridgehead atoms. The first-order valence-corrected chi connectivity index (χ1v) is 11.7. The van der Waals surface area contributed by atoms with Crippen molar-refractivity contribution in [1.82, 2.24) is 20.5 Å². The lowest BCUT2D eigenvalue weighted by molar-refractivity contribution is -0.213. The van der Waals surface area contributed by atoms with E-state index in [1.165, 1.54) is 0 Å². The Morgan fingerprint density at radius 3 is 2.37 bits per heavy atom. The third-order valence-electron chi connectivity index (χ3n) is 7.04. The Labute approximate surface area is 201 Å². The number of hydrazone groups is 1. The van der Waals surface area contributed by atoms with Crippen LogP contribution in [0.4, 0.5) is 0 Å². The molecule has 0 radical (unpaired) electrons. The van der Waals surface area contributed by atoms with Crippen LogP contribution in [0.25, 0.3) is 5.70 Å². The zero-order valence-electron chi connectivity index (χ0n) is 18.8. The lowest BCUT2D eigenvalue weighted by Gasteiger charge is -2.30. The van der Waals surface area contributed by atoms with Crippen molar-refractivity contribution in [2.75, 3.05) is 0 Å². The number of nitrogens with zero attached hydrogens (tertiary/aromatic N) is 4. The molecule has 2 aromatic rings. The van der Waals surface area contributed by atoms with Crippen LogP contribution < -0.4 is 5.43 Å². The predicted molar refractivity (Wildman–Crippen MR) is 122 cm³/mol. The third-order valence-corrected chi connectivity index (χ3v) is 7.04. The van der Waals surface area contributed by atoms with Crippen LogP contribution in [-0.2, 0) is 24.0 Å². The number of hydrogen-bond acceptors (Lipinski definition) is 9. The van der Waals surface area contributed by atoms with Crippen LogP contribution in [-0.4, -0.2) is 50.2 Å². The summed E-state index contributed by atoms with van der Waals surface area (Å²) in [4.78, 5) is 51.7. The van der Waals surface area contributed by atoms with Gasteiger partial charge in [-0.2, -0.15) is 5.10 Å². The molecule has 35 heavy (non-hydrogen) atoms. The van der Waals surface area contributed by atoms with Gasteiger partial charge in [-0.3, -0.25) is 25.0 Å². The van der Waals surface area contributed by atoms with Gasteiger partial charge in [0.05, 0.1) is 28.9 Å². The molecular weight excluding hydrogens is 450 g/mol. The fourth-order valence-electron chi connectivity index (χ4n) is 5.33. The molecule has 3 saturated heterocycles. The normalized spacial score (nSPS) is 27.8. The number of hydrogen-bond donors (Lipinski definition) is 1. The highest BCUT2D eigenvalue weighted by atomic mass is 16.7. The van der Waals surface area contributed by atoms with E-state index in [0.29, 0.717) is 30.7 Å². The zero-order chi connectivity index (χ0) is 24.0. The van der Waals surface area contributed by atoms with E-state index < -0.39 is 29.5 Å². The van der Waals surface area contributed by atoms with Gasteiger partial charge < -0.3 is 9.57 Å². The minimum absolute atomic E-state index is 0.0422. The SMILES string of the molecule is O=C1CCC(=O)N1OC(=O)[C@]12CCC3C(c4ccccn4)=NNC(c4ccccn4)=C3[C@@H](CC1)O2. The molecule has 4 aliphatic rings. The van der Waals surface area contributed by atoms with Crippen molar-refractivity contribution < 1.29 is 24.0 Å². The molecular formula is C25H23N5O5. The maximum Gasteiger partial charge on any atom is 0.364 e. The Bertz CT molecular complexity index is 1250. The summed E-state index contributed by atoms with van der Waals surface area (Å²) in [6.45, 7) is 0. The average molecular weight is 473 g/mol. The second-order valence-electron chi connectivity index (χ2n) is 9.06. The highest BCUT2D eigenvalue weighted by Gasteiger charge is 2.55. The molecule has 0 spiro atoms. The summed E-state index contributed by atoms with van der Waals surface area (Å²) >= 11 is 0. The number of pyridine rings is 2. The molecule has 10 heteroatoms. The monoisotopic (exact) mass is 473 g/mol. The van der Waals surface area contributed by atoms with Gasteiger partial charge in [0.1, 0.15) is 0 Å². The van der Waals surface area contributed by atoms with Crippen molar-refractivity contribution in [1.29, 1.82) is 0 Å². The van der Waals surface area contributed by atoms with Crippen LogP contribution in [0, 0.1) is 5.92 Å². The molecule has 3 atom stereocenters. The number of amides is 2. The number of imide groups is 1. The first-order valence-electron chi connectivity index (χ1n) is 11.7. The largest absolute Gasteiger partial charge is 0.364 e. The molecule has 0 saturated carbocycles. The molecule has 0 aliphatic carbocycles.